The van der Waals surface area contributed by atoms with Crippen LogP contribution in [0.4, 0.5) is 0 Å². The van der Waals surface area contributed by atoms with Gasteiger partial charge in [0.1, 0.15) is 15.9 Å². The number of hydrogen-bond donors (Lipinski definition) is 1. The fraction of sp³-hybridized carbons (Fsp3) is 0. The van der Waals surface area contributed by atoms with Crippen LogP contribution in [-0.2, 0) is 10.1 Å². The summed E-state index contributed by atoms with van der Waals surface area (Å²) < 4.78 is 33.3. The monoisotopic (exact) mass is 249 g/mol. The molecule has 0 amide bonds. The Kier molecular flexibility index (Phi) is 2.87. The number of para-hydroxylation sites is 1. The maximum atomic E-state index is 11.1. The molecule has 0 spiro atoms. The first-order chi connectivity index (χ1) is 8.00. The van der Waals surface area contributed by atoms with E-state index in [2.05, 4.69) is 0 Å². The van der Waals surface area contributed by atoms with Gasteiger partial charge in [0.25, 0.3) is 0 Å². The lowest BCUT2D eigenvalue weighted by Gasteiger charge is -2.13. The first kappa shape index (κ1) is 11.6. The zero-order valence-electron chi connectivity index (χ0n) is 8.70. The summed E-state index contributed by atoms with van der Waals surface area (Å²) in [4.78, 5) is -0.332. The Morgan fingerprint density at radius 2 is 1.41 bits per heavy atom. The predicted octanol–water partition coefficient (Wildman–Crippen LogP) is 1.96. The normalized spacial score (nSPS) is 11.4. The van der Waals surface area contributed by atoms with E-state index < -0.39 is 10.1 Å². The summed E-state index contributed by atoms with van der Waals surface area (Å²) >= 11 is 0. The van der Waals surface area contributed by atoms with Crippen LogP contribution in [0, 0.1) is 0 Å². The van der Waals surface area contributed by atoms with Gasteiger partial charge in [-0.25, -0.2) is 8.42 Å². The standard InChI is InChI=1S/C12H10O4S/c13-11-7-3-1-5-9(11)10-6-2-4-8-12(10)17(14,15)16/h1-8,13H,(H,14,15,16)/p-1. The minimum atomic E-state index is -4.56. The van der Waals surface area contributed by atoms with Crippen molar-refractivity contribution in [2.75, 3.05) is 0 Å². The smallest absolute Gasteiger partial charge is 0.125 e. The van der Waals surface area contributed by atoms with Crippen LogP contribution in [0.1, 0.15) is 0 Å². The highest BCUT2D eigenvalue weighted by atomic mass is 32.2. The van der Waals surface area contributed by atoms with Crippen LogP contribution in [-0.4, -0.2) is 18.1 Å². The lowest BCUT2D eigenvalue weighted by molar-refractivity contribution is 0.463. The van der Waals surface area contributed by atoms with Gasteiger partial charge in [0, 0.05) is 11.1 Å². The van der Waals surface area contributed by atoms with Crippen LogP contribution >= 0.6 is 0 Å². The molecule has 0 saturated heterocycles. The molecule has 0 aliphatic heterocycles. The molecule has 2 rings (SSSR count). The SMILES string of the molecule is O=S(=O)([O-])c1ccccc1-c1ccccc1O. The van der Waals surface area contributed by atoms with Crippen molar-refractivity contribution in [3.63, 3.8) is 0 Å². The van der Waals surface area contributed by atoms with Gasteiger partial charge in [0.05, 0.1) is 4.90 Å². The van der Waals surface area contributed by atoms with Crippen LogP contribution in [0.25, 0.3) is 11.1 Å². The van der Waals surface area contributed by atoms with Crippen LogP contribution in [0.15, 0.2) is 53.4 Å². The molecule has 0 bridgehead atoms. The van der Waals surface area contributed by atoms with Crippen molar-refractivity contribution in [3.8, 4) is 16.9 Å². The van der Waals surface area contributed by atoms with Crippen molar-refractivity contribution in [2.24, 2.45) is 0 Å². The number of rotatable bonds is 2. The van der Waals surface area contributed by atoms with Gasteiger partial charge in [-0.05, 0) is 12.1 Å². The van der Waals surface area contributed by atoms with Gasteiger partial charge in [-0.1, -0.05) is 36.4 Å². The summed E-state index contributed by atoms with van der Waals surface area (Å²) in [7, 11) is -4.56. The summed E-state index contributed by atoms with van der Waals surface area (Å²) in [6.07, 6.45) is 0. The van der Waals surface area contributed by atoms with E-state index >= 15 is 0 Å². The molecule has 0 aliphatic rings. The fourth-order valence-electron chi connectivity index (χ4n) is 1.61. The first-order valence-electron chi connectivity index (χ1n) is 4.83. The minimum absolute atomic E-state index is 0.0661. The largest absolute Gasteiger partial charge is 0.744 e. The van der Waals surface area contributed by atoms with Crippen molar-refractivity contribution in [1.29, 1.82) is 0 Å². The summed E-state index contributed by atoms with van der Waals surface area (Å²) in [5.41, 5.74) is 0.531. The van der Waals surface area contributed by atoms with E-state index in [0.717, 1.165) is 0 Å². The zero-order chi connectivity index (χ0) is 12.5. The average molecular weight is 249 g/mol. The maximum Gasteiger partial charge on any atom is 0.125 e. The molecule has 4 nitrogen and oxygen atoms in total. The summed E-state index contributed by atoms with van der Waals surface area (Å²) in [5.74, 6) is -0.0661. The molecule has 0 fully saturated rings. The second kappa shape index (κ2) is 4.20. The second-order valence-corrected chi connectivity index (χ2v) is 4.82. The molecule has 0 radical (unpaired) electrons. The highest BCUT2D eigenvalue weighted by molar-refractivity contribution is 7.85. The lowest BCUT2D eigenvalue weighted by atomic mass is 10.0. The molecule has 2 aromatic carbocycles. The van der Waals surface area contributed by atoms with Crippen LogP contribution in [0.5, 0.6) is 5.75 Å². The summed E-state index contributed by atoms with van der Waals surface area (Å²) in [6, 6.07) is 12.0. The molecule has 88 valence electrons. The molecule has 0 heterocycles. The average Bonchev–Trinajstić information content (AvgIpc) is 2.28. The van der Waals surface area contributed by atoms with Crippen molar-refractivity contribution in [2.45, 2.75) is 4.90 Å². The van der Waals surface area contributed by atoms with Crippen molar-refractivity contribution in [1.82, 2.24) is 0 Å². The van der Waals surface area contributed by atoms with Crippen molar-refractivity contribution < 1.29 is 18.1 Å². The van der Waals surface area contributed by atoms with Gasteiger partial charge < -0.3 is 9.66 Å². The molecule has 0 atom stereocenters. The van der Waals surface area contributed by atoms with Gasteiger partial charge in [0.15, 0.2) is 0 Å². The van der Waals surface area contributed by atoms with Crippen molar-refractivity contribution >= 4 is 10.1 Å². The third kappa shape index (κ3) is 2.30. The topological polar surface area (TPSA) is 77.4 Å². The Labute approximate surface area is 98.9 Å². The second-order valence-electron chi connectivity index (χ2n) is 3.47. The number of hydrogen-bond acceptors (Lipinski definition) is 4. The molecule has 1 N–H and O–H groups in total. The third-order valence-electron chi connectivity index (χ3n) is 2.35. The van der Waals surface area contributed by atoms with Crippen LogP contribution in [0.2, 0.25) is 0 Å². The Hall–Kier alpha value is -1.85. The Morgan fingerprint density at radius 3 is 2.00 bits per heavy atom. The molecular formula is C12H9O4S-. The number of phenols is 1. The quantitative estimate of drug-likeness (QED) is 0.825. The molecular weight excluding hydrogens is 240 g/mol. The molecule has 17 heavy (non-hydrogen) atoms. The molecule has 2 aromatic rings. The first-order valence-corrected chi connectivity index (χ1v) is 6.24. The fourth-order valence-corrected chi connectivity index (χ4v) is 2.30. The molecule has 5 heteroatoms. The van der Waals surface area contributed by atoms with E-state index in [1.165, 1.54) is 24.3 Å². The van der Waals surface area contributed by atoms with Gasteiger partial charge in [0.2, 0.25) is 0 Å². The lowest BCUT2D eigenvalue weighted by Crippen LogP contribution is -2.00. The van der Waals surface area contributed by atoms with Gasteiger partial charge in [-0.15, -0.1) is 0 Å². The summed E-state index contributed by atoms with van der Waals surface area (Å²) in [6.45, 7) is 0. The molecule has 0 unspecified atom stereocenters. The molecule has 0 aliphatic carbocycles. The summed E-state index contributed by atoms with van der Waals surface area (Å²) in [5, 5.41) is 9.66. The highest BCUT2D eigenvalue weighted by Gasteiger charge is 2.12. The number of benzene rings is 2. The van der Waals surface area contributed by atoms with Gasteiger partial charge in [-0.2, -0.15) is 0 Å². The Balaban J connectivity index is 2.74. The van der Waals surface area contributed by atoms with Crippen LogP contribution in [0.3, 0.4) is 0 Å². The maximum absolute atomic E-state index is 11.1. The van der Waals surface area contributed by atoms with E-state index in [4.69, 9.17) is 0 Å². The predicted molar refractivity (Wildman–Crippen MR) is 61.5 cm³/mol. The van der Waals surface area contributed by atoms with E-state index in [-0.39, 0.29) is 16.2 Å². The van der Waals surface area contributed by atoms with Crippen molar-refractivity contribution in [3.05, 3.63) is 48.5 Å². The van der Waals surface area contributed by atoms with Gasteiger partial charge in [-0.3, -0.25) is 0 Å². The van der Waals surface area contributed by atoms with Gasteiger partial charge >= 0.3 is 0 Å². The Bertz CT molecular complexity index is 647. The number of phenolic OH excluding ortho intramolecular Hbond substituents is 1. The minimum Gasteiger partial charge on any atom is -0.744 e. The third-order valence-corrected chi connectivity index (χ3v) is 3.25. The number of aromatic hydroxyl groups is 1. The van der Waals surface area contributed by atoms with E-state index in [9.17, 15) is 18.1 Å². The van der Waals surface area contributed by atoms with E-state index in [1.807, 2.05) is 0 Å². The zero-order valence-corrected chi connectivity index (χ0v) is 9.52. The molecule has 0 aromatic heterocycles. The van der Waals surface area contributed by atoms with E-state index in [0.29, 0.717) is 5.56 Å². The Morgan fingerprint density at radius 1 is 0.882 bits per heavy atom. The van der Waals surface area contributed by atoms with Crippen LogP contribution < -0.4 is 0 Å². The highest BCUT2D eigenvalue weighted by Crippen LogP contribution is 2.33. The van der Waals surface area contributed by atoms with E-state index in [1.54, 1.807) is 24.3 Å². The molecule has 0 saturated carbocycles.